The van der Waals surface area contributed by atoms with Gasteiger partial charge in [-0.05, 0) is 37.3 Å². The predicted molar refractivity (Wildman–Crippen MR) is 67.6 cm³/mol. The summed E-state index contributed by atoms with van der Waals surface area (Å²) >= 11 is 0. The molecule has 1 N–H and O–H groups in total. The van der Waals surface area contributed by atoms with Gasteiger partial charge in [-0.15, -0.1) is 0 Å². The fraction of sp³-hybridized carbons (Fsp3) is 0.0714. The summed E-state index contributed by atoms with van der Waals surface area (Å²) in [6.07, 6.45) is 4.64. The lowest BCUT2D eigenvalue weighted by Crippen LogP contribution is -2.07. The molecule has 0 aliphatic carbocycles. The lowest BCUT2D eigenvalue weighted by atomic mass is 10.2. The van der Waals surface area contributed by atoms with E-state index in [0.717, 1.165) is 11.3 Å². The number of benzene rings is 1. The molecule has 0 radical (unpaired) electrons. The van der Waals surface area contributed by atoms with E-state index in [2.05, 4.69) is 5.32 Å². The molecule has 0 atom stereocenters. The normalized spacial score (nSPS) is 10.6. The van der Waals surface area contributed by atoms with Crippen LogP contribution >= 0.6 is 0 Å². The van der Waals surface area contributed by atoms with Gasteiger partial charge in [0, 0.05) is 11.8 Å². The Morgan fingerprint density at radius 3 is 2.65 bits per heavy atom. The standard InChI is InChI=1S/C14H13NO2/c1-11-4-6-12(7-5-11)15-14(16)9-8-13-3-2-10-17-13/h2-10H,1H3,(H,15,16)/b9-8-. The molecule has 0 aliphatic heterocycles. The number of hydrogen-bond donors (Lipinski definition) is 1. The van der Waals surface area contributed by atoms with Gasteiger partial charge in [0.1, 0.15) is 5.76 Å². The highest BCUT2D eigenvalue weighted by Gasteiger charge is 1.97. The second kappa shape index (κ2) is 5.16. The summed E-state index contributed by atoms with van der Waals surface area (Å²) in [5, 5.41) is 2.76. The molecule has 0 spiro atoms. The van der Waals surface area contributed by atoms with Crippen LogP contribution in [0.5, 0.6) is 0 Å². The Hall–Kier alpha value is -2.29. The van der Waals surface area contributed by atoms with Crippen molar-refractivity contribution < 1.29 is 9.21 Å². The number of aryl methyl sites for hydroxylation is 1. The molecule has 1 amide bonds. The topological polar surface area (TPSA) is 42.2 Å². The average molecular weight is 227 g/mol. The number of carbonyl (C=O) groups excluding carboxylic acids is 1. The average Bonchev–Trinajstić information content (AvgIpc) is 2.83. The Balaban J connectivity index is 1.95. The maximum atomic E-state index is 11.6. The van der Waals surface area contributed by atoms with Gasteiger partial charge in [0.2, 0.25) is 5.91 Å². The highest BCUT2D eigenvalue weighted by atomic mass is 16.3. The van der Waals surface area contributed by atoms with E-state index >= 15 is 0 Å². The van der Waals surface area contributed by atoms with E-state index in [-0.39, 0.29) is 5.91 Å². The molecule has 1 heterocycles. The molecule has 0 saturated carbocycles. The third-order valence-corrected chi connectivity index (χ3v) is 2.26. The minimum Gasteiger partial charge on any atom is -0.465 e. The number of amides is 1. The quantitative estimate of drug-likeness (QED) is 0.818. The second-order valence-corrected chi connectivity index (χ2v) is 3.70. The van der Waals surface area contributed by atoms with E-state index in [1.54, 1.807) is 24.5 Å². The van der Waals surface area contributed by atoms with E-state index in [4.69, 9.17) is 4.42 Å². The van der Waals surface area contributed by atoms with Crippen LogP contribution in [-0.2, 0) is 4.79 Å². The molecule has 1 aromatic carbocycles. The zero-order chi connectivity index (χ0) is 12.1. The van der Waals surface area contributed by atoms with Crippen molar-refractivity contribution in [2.75, 3.05) is 5.32 Å². The Morgan fingerprint density at radius 2 is 2.00 bits per heavy atom. The first-order valence-electron chi connectivity index (χ1n) is 5.33. The number of rotatable bonds is 3. The van der Waals surface area contributed by atoms with Gasteiger partial charge in [-0.1, -0.05) is 17.7 Å². The zero-order valence-electron chi connectivity index (χ0n) is 9.51. The van der Waals surface area contributed by atoms with Gasteiger partial charge >= 0.3 is 0 Å². The first kappa shape index (κ1) is 11.2. The monoisotopic (exact) mass is 227 g/mol. The summed E-state index contributed by atoms with van der Waals surface area (Å²) in [5.74, 6) is 0.481. The fourth-order valence-corrected chi connectivity index (χ4v) is 1.36. The Bertz CT molecular complexity index is 510. The van der Waals surface area contributed by atoms with Crippen LogP contribution in [0.2, 0.25) is 0 Å². The lowest BCUT2D eigenvalue weighted by Gasteiger charge is -2.01. The highest BCUT2D eigenvalue weighted by Crippen LogP contribution is 2.09. The summed E-state index contributed by atoms with van der Waals surface area (Å²) in [4.78, 5) is 11.6. The minimum atomic E-state index is -0.176. The zero-order valence-corrected chi connectivity index (χ0v) is 9.51. The maximum absolute atomic E-state index is 11.6. The van der Waals surface area contributed by atoms with Crippen molar-refractivity contribution in [3.8, 4) is 0 Å². The lowest BCUT2D eigenvalue weighted by molar-refractivity contribution is -0.111. The van der Waals surface area contributed by atoms with Crippen molar-refractivity contribution in [3.05, 3.63) is 60.1 Å². The van der Waals surface area contributed by atoms with Gasteiger partial charge in [0.15, 0.2) is 0 Å². The van der Waals surface area contributed by atoms with Crippen LogP contribution in [0.15, 0.2) is 53.2 Å². The molecule has 0 aliphatic rings. The van der Waals surface area contributed by atoms with Gasteiger partial charge in [-0.2, -0.15) is 0 Å². The minimum absolute atomic E-state index is 0.176. The van der Waals surface area contributed by atoms with Gasteiger partial charge in [0.25, 0.3) is 0 Å². The van der Waals surface area contributed by atoms with E-state index in [1.165, 1.54) is 6.08 Å². The second-order valence-electron chi connectivity index (χ2n) is 3.70. The molecule has 2 aromatic rings. The van der Waals surface area contributed by atoms with Gasteiger partial charge in [-0.25, -0.2) is 0 Å². The van der Waals surface area contributed by atoms with Crippen molar-refractivity contribution in [2.24, 2.45) is 0 Å². The van der Waals surface area contributed by atoms with E-state index < -0.39 is 0 Å². The van der Waals surface area contributed by atoms with Crippen LogP contribution in [0, 0.1) is 6.92 Å². The van der Waals surface area contributed by atoms with E-state index in [0.29, 0.717) is 5.76 Å². The number of anilines is 1. The molecular weight excluding hydrogens is 214 g/mol. The van der Waals surface area contributed by atoms with Crippen LogP contribution in [0.3, 0.4) is 0 Å². The molecule has 0 unspecified atom stereocenters. The number of nitrogens with one attached hydrogen (secondary N) is 1. The van der Waals surface area contributed by atoms with Crippen LogP contribution in [0.1, 0.15) is 11.3 Å². The molecule has 0 fully saturated rings. The third kappa shape index (κ3) is 3.34. The summed E-state index contributed by atoms with van der Waals surface area (Å²) in [6.45, 7) is 2.00. The molecule has 3 heteroatoms. The molecule has 0 saturated heterocycles. The molecular formula is C14H13NO2. The molecule has 1 aromatic heterocycles. The van der Waals surface area contributed by atoms with Crippen LogP contribution in [0.25, 0.3) is 6.08 Å². The summed E-state index contributed by atoms with van der Waals surface area (Å²) < 4.78 is 5.08. The molecule has 86 valence electrons. The Kier molecular flexibility index (Phi) is 3.40. The van der Waals surface area contributed by atoms with Gasteiger partial charge in [-0.3, -0.25) is 4.79 Å². The third-order valence-electron chi connectivity index (χ3n) is 2.26. The molecule has 0 bridgehead atoms. The van der Waals surface area contributed by atoms with Crippen molar-refractivity contribution in [1.82, 2.24) is 0 Å². The van der Waals surface area contributed by atoms with Gasteiger partial charge < -0.3 is 9.73 Å². The first-order chi connectivity index (χ1) is 8.24. The number of carbonyl (C=O) groups is 1. The molecule has 3 nitrogen and oxygen atoms in total. The van der Waals surface area contributed by atoms with Crippen molar-refractivity contribution >= 4 is 17.7 Å². The fourth-order valence-electron chi connectivity index (χ4n) is 1.36. The largest absolute Gasteiger partial charge is 0.465 e. The van der Waals surface area contributed by atoms with Gasteiger partial charge in [0.05, 0.1) is 6.26 Å². The Labute approximate surface area is 99.8 Å². The van der Waals surface area contributed by atoms with Crippen LogP contribution in [-0.4, -0.2) is 5.91 Å². The van der Waals surface area contributed by atoms with Crippen LogP contribution < -0.4 is 5.32 Å². The van der Waals surface area contributed by atoms with E-state index in [9.17, 15) is 4.79 Å². The number of hydrogen-bond acceptors (Lipinski definition) is 2. The Morgan fingerprint density at radius 1 is 1.24 bits per heavy atom. The van der Waals surface area contributed by atoms with Crippen molar-refractivity contribution in [2.45, 2.75) is 6.92 Å². The highest BCUT2D eigenvalue weighted by molar-refractivity contribution is 6.01. The molecule has 2 rings (SSSR count). The van der Waals surface area contributed by atoms with Crippen molar-refractivity contribution in [3.63, 3.8) is 0 Å². The summed E-state index contributed by atoms with van der Waals surface area (Å²) in [5.41, 5.74) is 1.94. The first-order valence-corrected chi connectivity index (χ1v) is 5.33. The summed E-state index contributed by atoms with van der Waals surface area (Å²) in [7, 11) is 0. The predicted octanol–water partition coefficient (Wildman–Crippen LogP) is 3.24. The summed E-state index contributed by atoms with van der Waals surface area (Å²) in [6, 6.07) is 11.2. The van der Waals surface area contributed by atoms with Crippen molar-refractivity contribution in [1.29, 1.82) is 0 Å². The maximum Gasteiger partial charge on any atom is 0.248 e. The van der Waals surface area contributed by atoms with Crippen LogP contribution in [0.4, 0.5) is 5.69 Å². The smallest absolute Gasteiger partial charge is 0.248 e. The number of furan rings is 1. The molecule has 17 heavy (non-hydrogen) atoms. The van der Waals surface area contributed by atoms with E-state index in [1.807, 2.05) is 31.2 Å². The SMILES string of the molecule is Cc1ccc(NC(=O)/C=C\c2ccco2)cc1.